The first-order valence-corrected chi connectivity index (χ1v) is 12.2. The number of carboxylic acid groups (broad SMARTS) is 2. The highest BCUT2D eigenvalue weighted by atomic mass is 16.4. The van der Waals surface area contributed by atoms with Gasteiger partial charge in [-0.05, 0) is 30.7 Å². The molecular formula is C25H37N5O8. The van der Waals surface area contributed by atoms with E-state index in [2.05, 4.69) is 16.0 Å². The molecule has 0 saturated carbocycles. The van der Waals surface area contributed by atoms with Crippen molar-refractivity contribution in [1.29, 1.82) is 0 Å². The van der Waals surface area contributed by atoms with E-state index in [1.807, 2.05) is 0 Å². The second-order valence-corrected chi connectivity index (χ2v) is 9.38. The normalized spacial score (nSPS) is 14.0. The van der Waals surface area contributed by atoms with Crippen LogP contribution in [0.15, 0.2) is 30.3 Å². The first-order chi connectivity index (χ1) is 17.8. The maximum atomic E-state index is 13.3. The molecule has 0 bridgehead atoms. The Morgan fingerprint density at radius 2 is 1.34 bits per heavy atom. The van der Waals surface area contributed by atoms with Crippen LogP contribution in [0.5, 0.6) is 0 Å². The number of aliphatic carboxylic acids is 2. The van der Waals surface area contributed by atoms with Crippen molar-refractivity contribution in [2.75, 3.05) is 0 Å². The monoisotopic (exact) mass is 535 g/mol. The van der Waals surface area contributed by atoms with Gasteiger partial charge in [0, 0.05) is 19.3 Å². The maximum Gasteiger partial charge on any atom is 0.326 e. The third-order valence-electron chi connectivity index (χ3n) is 5.56. The fraction of sp³-hybridized carbons (Fsp3) is 0.520. The third-order valence-corrected chi connectivity index (χ3v) is 5.56. The lowest BCUT2D eigenvalue weighted by Crippen LogP contribution is -2.57. The van der Waals surface area contributed by atoms with Gasteiger partial charge in [0.1, 0.15) is 18.1 Å². The summed E-state index contributed by atoms with van der Waals surface area (Å²) in [6, 6.07) is 3.88. The fourth-order valence-electron chi connectivity index (χ4n) is 3.54. The largest absolute Gasteiger partial charge is 0.481 e. The van der Waals surface area contributed by atoms with Gasteiger partial charge in [-0.3, -0.25) is 24.0 Å². The van der Waals surface area contributed by atoms with E-state index in [0.717, 1.165) is 0 Å². The van der Waals surface area contributed by atoms with Crippen molar-refractivity contribution in [3.8, 4) is 0 Å². The molecule has 13 nitrogen and oxygen atoms in total. The van der Waals surface area contributed by atoms with E-state index in [0.29, 0.717) is 5.56 Å². The van der Waals surface area contributed by atoms with Crippen LogP contribution in [0.4, 0.5) is 0 Å². The number of carboxylic acids is 2. The topological polar surface area (TPSA) is 231 Å². The molecule has 1 aromatic rings. The van der Waals surface area contributed by atoms with Gasteiger partial charge in [0.2, 0.25) is 23.6 Å². The van der Waals surface area contributed by atoms with E-state index in [1.165, 1.54) is 0 Å². The average molecular weight is 536 g/mol. The molecule has 1 rings (SSSR count). The Morgan fingerprint density at radius 1 is 0.789 bits per heavy atom. The summed E-state index contributed by atoms with van der Waals surface area (Å²) in [5, 5.41) is 25.7. The van der Waals surface area contributed by atoms with Crippen molar-refractivity contribution in [3.63, 3.8) is 0 Å². The van der Waals surface area contributed by atoms with Gasteiger partial charge in [0.15, 0.2) is 0 Å². The minimum Gasteiger partial charge on any atom is -0.481 e. The first kappa shape index (κ1) is 32.0. The van der Waals surface area contributed by atoms with Gasteiger partial charge < -0.3 is 37.6 Å². The van der Waals surface area contributed by atoms with Crippen molar-refractivity contribution in [1.82, 2.24) is 16.0 Å². The number of primary amides is 1. The summed E-state index contributed by atoms with van der Waals surface area (Å²) in [6.45, 7) is 3.61. The lowest BCUT2D eigenvalue weighted by atomic mass is 10.00. The summed E-state index contributed by atoms with van der Waals surface area (Å²) in [6.07, 6.45) is -0.742. The van der Waals surface area contributed by atoms with Gasteiger partial charge in [-0.2, -0.15) is 0 Å². The second-order valence-electron chi connectivity index (χ2n) is 9.38. The molecule has 38 heavy (non-hydrogen) atoms. The summed E-state index contributed by atoms with van der Waals surface area (Å²) in [5.41, 5.74) is 11.6. The van der Waals surface area contributed by atoms with Gasteiger partial charge in [0.05, 0.1) is 6.04 Å². The minimum absolute atomic E-state index is 0.0520. The fourth-order valence-corrected chi connectivity index (χ4v) is 3.54. The molecule has 0 saturated heterocycles. The molecule has 210 valence electrons. The van der Waals surface area contributed by atoms with Crippen LogP contribution in [-0.4, -0.2) is 69.9 Å². The van der Waals surface area contributed by atoms with Gasteiger partial charge in [-0.25, -0.2) is 4.79 Å². The zero-order valence-corrected chi connectivity index (χ0v) is 21.5. The summed E-state index contributed by atoms with van der Waals surface area (Å²) < 4.78 is 0. The molecule has 4 atom stereocenters. The summed E-state index contributed by atoms with van der Waals surface area (Å²) in [7, 11) is 0. The van der Waals surface area contributed by atoms with Crippen LogP contribution in [-0.2, 0) is 35.2 Å². The molecule has 13 heteroatoms. The second kappa shape index (κ2) is 16.0. The van der Waals surface area contributed by atoms with Crippen molar-refractivity contribution < 1.29 is 39.0 Å². The Hall–Kier alpha value is -4.00. The van der Waals surface area contributed by atoms with E-state index < -0.39 is 59.7 Å². The van der Waals surface area contributed by atoms with E-state index in [4.69, 9.17) is 16.6 Å². The molecule has 0 spiro atoms. The Morgan fingerprint density at radius 3 is 1.87 bits per heavy atom. The first-order valence-electron chi connectivity index (χ1n) is 12.2. The van der Waals surface area contributed by atoms with Crippen molar-refractivity contribution in [2.45, 2.75) is 76.5 Å². The number of hydrogen-bond acceptors (Lipinski definition) is 7. The van der Waals surface area contributed by atoms with Crippen LogP contribution in [0.25, 0.3) is 0 Å². The summed E-state index contributed by atoms with van der Waals surface area (Å²) >= 11 is 0. The highest BCUT2D eigenvalue weighted by Crippen LogP contribution is 2.10. The molecule has 0 aliphatic heterocycles. The highest BCUT2D eigenvalue weighted by Gasteiger charge is 2.31. The molecule has 0 radical (unpaired) electrons. The number of nitrogens with two attached hydrogens (primary N) is 2. The lowest BCUT2D eigenvalue weighted by Gasteiger charge is -2.26. The third kappa shape index (κ3) is 12.3. The zero-order valence-electron chi connectivity index (χ0n) is 21.5. The van der Waals surface area contributed by atoms with Crippen LogP contribution in [0, 0.1) is 5.92 Å². The van der Waals surface area contributed by atoms with E-state index in [1.54, 1.807) is 44.2 Å². The molecule has 0 heterocycles. The van der Waals surface area contributed by atoms with E-state index >= 15 is 0 Å². The quantitative estimate of drug-likeness (QED) is 0.133. The molecule has 1 aromatic carbocycles. The van der Waals surface area contributed by atoms with Gasteiger partial charge in [0.25, 0.3) is 0 Å². The molecule has 0 aliphatic carbocycles. The Labute approximate surface area is 220 Å². The van der Waals surface area contributed by atoms with Gasteiger partial charge in [-0.15, -0.1) is 0 Å². The SMILES string of the molecule is CC(C)CC(NC(=O)C(Cc1ccccc1)NC(=O)C(N)CCC(=O)O)C(=O)NC(CCC(N)=O)C(=O)O. The highest BCUT2D eigenvalue weighted by molar-refractivity contribution is 5.94. The number of benzene rings is 1. The zero-order chi connectivity index (χ0) is 28.8. The number of carbonyl (C=O) groups is 6. The molecule has 4 amide bonds. The molecular weight excluding hydrogens is 498 g/mol. The summed E-state index contributed by atoms with van der Waals surface area (Å²) in [5.74, 6) is -5.50. The van der Waals surface area contributed by atoms with Crippen LogP contribution in [0.3, 0.4) is 0 Å². The average Bonchev–Trinajstić information content (AvgIpc) is 2.83. The van der Waals surface area contributed by atoms with Gasteiger partial charge >= 0.3 is 11.9 Å². The molecule has 0 aromatic heterocycles. The predicted octanol–water partition coefficient (Wildman–Crippen LogP) is -0.728. The molecule has 4 unspecified atom stereocenters. The molecule has 0 aliphatic rings. The molecule has 0 fully saturated rings. The summed E-state index contributed by atoms with van der Waals surface area (Å²) in [4.78, 5) is 72.3. The Bertz CT molecular complexity index is 985. The lowest BCUT2D eigenvalue weighted by molar-refractivity contribution is -0.143. The maximum absolute atomic E-state index is 13.3. The van der Waals surface area contributed by atoms with Gasteiger partial charge in [-0.1, -0.05) is 44.2 Å². The smallest absolute Gasteiger partial charge is 0.326 e. The Balaban J connectivity index is 3.08. The number of amides is 4. The van der Waals surface area contributed by atoms with E-state index in [9.17, 15) is 33.9 Å². The predicted molar refractivity (Wildman–Crippen MR) is 136 cm³/mol. The van der Waals surface area contributed by atoms with Crippen LogP contribution < -0.4 is 27.4 Å². The van der Waals surface area contributed by atoms with Crippen molar-refractivity contribution in [2.24, 2.45) is 17.4 Å². The number of carbonyl (C=O) groups excluding carboxylic acids is 4. The standard InChI is InChI=1S/C25H37N5O8/c1-14(2)12-18(23(35)28-17(25(37)38)9-10-20(27)31)30-24(36)19(13-15-6-4-3-5-7-15)29-22(34)16(26)8-11-21(32)33/h3-7,14,16-19H,8-13,26H2,1-2H3,(H2,27,31)(H,28,35)(H,29,34)(H,30,36)(H,32,33)(H,37,38). The van der Waals surface area contributed by atoms with Crippen LogP contribution in [0.2, 0.25) is 0 Å². The van der Waals surface area contributed by atoms with Crippen molar-refractivity contribution in [3.05, 3.63) is 35.9 Å². The van der Waals surface area contributed by atoms with Crippen molar-refractivity contribution >= 4 is 35.6 Å². The van der Waals surface area contributed by atoms with Crippen LogP contribution >= 0.6 is 0 Å². The number of rotatable bonds is 17. The Kier molecular flexibility index (Phi) is 13.5. The van der Waals surface area contributed by atoms with Crippen LogP contribution in [0.1, 0.15) is 51.5 Å². The minimum atomic E-state index is -1.39. The van der Waals surface area contributed by atoms with E-state index in [-0.39, 0.29) is 44.4 Å². The molecule has 9 N–H and O–H groups in total. The number of nitrogens with one attached hydrogen (secondary N) is 3. The number of hydrogen-bond donors (Lipinski definition) is 7.